The third kappa shape index (κ3) is 4.04. The van der Waals surface area contributed by atoms with Crippen LogP contribution in [0.15, 0.2) is 39.9 Å². The number of aromatic amines is 1. The fourth-order valence-electron chi connectivity index (χ4n) is 3.18. The van der Waals surface area contributed by atoms with Gasteiger partial charge in [0.15, 0.2) is 11.2 Å². The standard InChI is InChI=1S/C12H17NO.C7H7ClN4O2/c1-9-8-13-10(2)12(14-9)11-6-4-3-5-7-11;1-11-4-3(9-6(8)10-4)5(13)12(2)7(11)14/h3-7,9-10,12-13H,8H2,1-2H3;1-2H3,(H,9,10). The summed E-state index contributed by atoms with van der Waals surface area (Å²) in [4.78, 5) is 29.4. The first-order chi connectivity index (χ1) is 13.3. The van der Waals surface area contributed by atoms with Crippen LogP contribution in [0.3, 0.4) is 0 Å². The van der Waals surface area contributed by atoms with Crippen molar-refractivity contribution in [1.29, 1.82) is 0 Å². The lowest BCUT2D eigenvalue weighted by atomic mass is 10.0. The largest absolute Gasteiger partial charge is 0.368 e. The van der Waals surface area contributed by atoms with E-state index in [4.69, 9.17) is 16.3 Å². The highest BCUT2D eigenvalue weighted by Crippen LogP contribution is 2.25. The Morgan fingerprint density at radius 1 is 1.14 bits per heavy atom. The van der Waals surface area contributed by atoms with E-state index in [0.29, 0.717) is 12.1 Å². The highest BCUT2D eigenvalue weighted by molar-refractivity contribution is 6.28. The van der Waals surface area contributed by atoms with E-state index >= 15 is 0 Å². The van der Waals surface area contributed by atoms with Crippen LogP contribution in [0.5, 0.6) is 0 Å². The van der Waals surface area contributed by atoms with Crippen molar-refractivity contribution in [2.24, 2.45) is 14.1 Å². The predicted octanol–water partition coefficient (Wildman–Crippen LogP) is 1.74. The van der Waals surface area contributed by atoms with Crippen LogP contribution in [0.1, 0.15) is 25.5 Å². The SMILES string of the molecule is CC1CNC(C)C(c2ccccc2)O1.Cn1c(=O)c2[nH]c(Cl)nc2n(C)c1=O. The molecule has 1 fully saturated rings. The summed E-state index contributed by atoms with van der Waals surface area (Å²) < 4.78 is 8.18. The zero-order chi connectivity index (χ0) is 20.4. The van der Waals surface area contributed by atoms with Crippen LogP contribution in [-0.4, -0.2) is 37.8 Å². The first-order valence-corrected chi connectivity index (χ1v) is 9.42. The summed E-state index contributed by atoms with van der Waals surface area (Å²) in [5.41, 5.74) is 0.912. The van der Waals surface area contributed by atoms with E-state index < -0.39 is 11.2 Å². The molecule has 8 nitrogen and oxygen atoms in total. The number of H-pyrrole nitrogens is 1. The fourth-order valence-corrected chi connectivity index (χ4v) is 3.36. The predicted molar refractivity (Wildman–Crippen MR) is 109 cm³/mol. The van der Waals surface area contributed by atoms with Crippen molar-refractivity contribution in [3.8, 4) is 0 Å². The second-order valence-corrected chi connectivity index (χ2v) is 7.26. The van der Waals surface area contributed by atoms with Crippen molar-refractivity contribution in [2.75, 3.05) is 6.54 Å². The molecule has 150 valence electrons. The van der Waals surface area contributed by atoms with Gasteiger partial charge in [0.2, 0.25) is 5.28 Å². The number of halogens is 1. The van der Waals surface area contributed by atoms with Crippen molar-refractivity contribution in [2.45, 2.75) is 32.1 Å². The van der Waals surface area contributed by atoms with Gasteiger partial charge in [0.25, 0.3) is 5.56 Å². The number of ether oxygens (including phenoxy) is 1. The molecular formula is C19H24ClN5O3. The highest BCUT2D eigenvalue weighted by Gasteiger charge is 2.26. The van der Waals surface area contributed by atoms with Gasteiger partial charge in [-0.05, 0) is 31.0 Å². The topological polar surface area (TPSA) is 93.9 Å². The van der Waals surface area contributed by atoms with Crippen molar-refractivity contribution >= 4 is 22.8 Å². The maximum absolute atomic E-state index is 11.5. The third-order valence-electron chi connectivity index (χ3n) is 4.75. The second-order valence-electron chi connectivity index (χ2n) is 6.91. The smallest absolute Gasteiger partial charge is 0.332 e. The van der Waals surface area contributed by atoms with Gasteiger partial charge < -0.3 is 15.0 Å². The zero-order valence-corrected chi connectivity index (χ0v) is 17.0. The zero-order valence-electron chi connectivity index (χ0n) is 16.3. The van der Waals surface area contributed by atoms with Gasteiger partial charge in [-0.1, -0.05) is 30.3 Å². The molecule has 0 spiro atoms. The molecule has 3 heterocycles. The van der Waals surface area contributed by atoms with Crippen LogP contribution in [0.25, 0.3) is 11.2 Å². The molecule has 1 aromatic carbocycles. The van der Waals surface area contributed by atoms with Crippen LogP contribution in [0.2, 0.25) is 5.28 Å². The molecule has 3 aromatic rings. The molecule has 0 bridgehead atoms. The average Bonchev–Trinajstić information content (AvgIpc) is 3.10. The Kier molecular flexibility index (Phi) is 6.02. The van der Waals surface area contributed by atoms with E-state index in [1.165, 1.54) is 24.2 Å². The normalized spacial score (nSPS) is 22.0. The molecule has 0 saturated carbocycles. The molecule has 1 aliphatic rings. The average molecular weight is 406 g/mol. The quantitative estimate of drug-likeness (QED) is 0.601. The van der Waals surface area contributed by atoms with E-state index in [0.717, 1.165) is 11.1 Å². The maximum atomic E-state index is 11.5. The summed E-state index contributed by atoms with van der Waals surface area (Å²) >= 11 is 5.60. The van der Waals surface area contributed by atoms with Crippen LogP contribution in [0.4, 0.5) is 0 Å². The van der Waals surface area contributed by atoms with Gasteiger partial charge in [-0.2, -0.15) is 4.98 Å². The van der Waals surface area contributed by atoms with Gasteiger partial charge in [0.05, 0.1) is 12.2 Å². The monoisotopic (exact) mass is 405 g/mol. The van der Waals surface area contributed by atoms with E-state index in [2.05, 4.69) is 53.4 Å². The number of imidazole rings is 1. The second kappa shape index (κ2) is 8.30. The van der Waals surface area contributed by atoms with E-state index in [9.17, 15) is 9.59 Å². The summed E-state index contributed by atoms with van der Waals surface area (Å²) in [5.74, 6) is 0. The Morgan fingerprint density at radius 3 is 2.50 bits per heavy atom. The highest BCUT2D eigenvalue weighted by atomic mass is 35.5. The summed E-state index contributed by atoms with van der Waals surface area (Å²) in [7, 11) is 2.93. The van der Waals surface area contributed by atoms with Crippen molar-refractivity contribution < 1.29 is 4.74 Å². The van der Waals surface area contributed by atoms with Crippen molar-refractivity contribution in [1.82, 2.24) is 24.4 Å². The number of morpholine rings is 1. The minimum Gasteiger partial charge on any atom is -0.368 e. The lowest BCUT2D eigenvalue weighted by Crippen LogP contribution is -2.45. The third-order valence-corrected chi connectivity index (χ3v) is 4.93. The summed E-state index contributed by atoms with van der Waals surface area (Å²) in [6, 6.07) is 10.8. The van der Waals surface area contributed by atoms with Crippen LogP contribution in [-0.2, 0) is 18.8 Å². The molecule has 2 aromatic heterocycles. The van der Waals surface area contributed by atoms with Gasteiger partial charge in [0, 0.05) is 26.7 Å². The Bertz CT molecular complexity index is 1070. The summed E-state index contributed by atoms with van der Waals surface area (Å²) in [5, 5.41) is 3.55. The molecule has 9 heteroatoms. The molecule has 0 amide bonds. The first kappa shape index (κ1) is 20.3. The van der Waals surface area contributed by atoms with Gasteiger partial charge in [-0.25, -0.2) is 4.79 Å². The Labute approximate surface area is 167 Å². The number of rotatable bonds is 1. The number of hydrogen-bond acceptors (Lipinski definition) is 5. The molecule has 3 unspecified atom stereocenters. The number of nitrogens with one attached hydrogen (secondary N) is 2. The number of hydrogen-bond donors (Lipinski definition) is 2. The van der Waals surface area contributed by atoms with Gasteiger partial charge in [0.1, 0.15) is 0 Å². The molecule has 0 radical (unpaired) electrons. The van der Waals surface area contributed by atoms with Crippen LogP contribution < -0.4 is 16.6 Å². The number of benzene rings is 1. The number of aromatic nitrogens is 4. The lowest BCUT2D eigenvalue weighted by Gasteiger charge is -2.34. The Hall–Kier alpha value is -2.42. The molecule has 1 saturated heterocycles. The lowest BCUT2D eigenvalue weighted by molar-refractivity contribution is -0.0520. The molecule has 28 heavy (non-hydrogen) atoms. The molecule has 1 aliphatic heterocycles. The summed E-state index contributed by atoms with van der Waals surface area (Å²) in [6.45, 7) is 5.23. The fraction of sp³-hybridized carbons (Fsp3) is 0.421. The first-order valence-electron chi connectivity index (χ1n) is 9.04. The summed E-state index contributed by atoms with van der Waals surface area (Å²) in [6.07, 6.45) is 0.497. The molecule has 0 aliphatic carbocycles. The van der Waals surface area contributed by atoms with Gasteiger partial charge in [-0.15, -0.1) is 0 Å². The Morgan fingerprint density at radius 2 is 1.82 bits per heavy atom. The molecular weight excluding hydrogens is 382 g/mol. The van der Waals surface area contributed by atoms with E-state index in [1.54, 1.807) is 0 Å². The minimum absolute atomic E-state index is 0.0956. The maximum Gasteiger partial charge on any atom is 0.332 e. The number of aryl methyl sites for hydroxylation is 1. The molecule has 2 N–H and O–H groups in total. The van der Waals surface area contributed by atoms with Gasteiger partial charge >= 0.3 is 5.69 Å². The number of nitrogens with zero attached hydrogens (tertiary/aromatic N) is 3. The molecule has 4 rings (SSSR count). The van der Waals surface area contributed by atoms with Gasteiger partial charge in [-0.3, -0.25) is 13.9 Å². The van der Waals surface area contributed by atoms with E-state index in [-0.39, 0.29) is 22.6 Å². The van der Waals surface area contributed by atoms with Crippen molar-refractivity contribution in [3.63, 3.8) is 0 Å². The van der Waals surface area contributed by atoms with E-state index in [1.807, 2.05) is 6.07 Å². The van der Waals surface area contributed by atoms with Crippen molar-refractivity contribution in [3.05, 3.63) is 62.0 Å². The number of fused-ring (bicyclic) bond motifs is 1. The minimum atomic E-state index is -0.428. The Balaban J connectivity index is 0.000000161. The van der Waals surface area contributed by atoms with Crippen LogP contribution in [0, 0.1) is 0 Å². The van der Waals surface area contributed by atoms with Crippen LogP contribution >= 0.6 is 11.6 Å². The molecule has 3 atom stereocenters.